The lowest BCUT2D eigenvalue weighted by molar-refractivity contribution is -0.132. The van der Waals surface area contributed by atoms with Gasteiger partial charge in [-0.2, -0.15) is 11.3 Å². The highest BCUT2D eigenvalue weighted by Crippen LogP contribution is 2.32. The summed E-state index contributed by atoms with van der Waals surface area (Å²) in [6.45, 7) is 1.55. The molecule has 4 heteroatoms. The van der Waals surface area contributed by atoms with Crippen LogP contribution in [-0.4, -0.2) is 24.4 Å². The molecule has 1 aliphatic rings. The quantitative estimate of drug-likeness (QED) is 0.939. The van der Waals surface area contributed by atoms with Crippen molar-refractivity contribution < 1.29 is 4.79 Å². The van der Waals surface area contributed by atoms with Gasteiger partial charge >= 0.3 is 0 Å². The summed E-state index contributed by atoms with van der Waals surface area (Å²) < 4.78 is 0. The van der Waals surface area contributed by atoms with Crippen LogP contribution in [0.15, 0.2) is 41.1 Å². The van der Waals surface area contributed by atoms with Crippen molar-refractivity contribution in [2.24, 2.45) is 0 Å². The average Bonchev–Trinajstić information content (AvgIpc) is 2.99. The standard InChI is InChI=1S/C16H18N2OS/c1-18(10-12-7-9-20-11-12)16(19)14-6-8-17-15-5-3-2-4-13(14)15/h2-5,7,9,11,14,17H,6,8,10H2,1H3. The van der Waals surface area contributed by atoms with Crippen molar-refractivity contribution in [2.75, 3.05) is 18.9 Å². The van der Waals surface area contributed by atoms with Crippen molar-refractivity contribution in [1.29, 1.82) is 0 Å². The molecule has 3 nitrogen and oxygen atoms in total. The monoisotopic (exact) mass is 286 g/mol. The predicted molar refractivity (Wildman–Crippen MR) is 83.1 cm³/mol. The fourth-order valence-electron chi connectivity index (χ4n) is 2.73. The molecular weight excluding hydrogens is 268 g/mol. The maximum Gasteiger partial charge on any atom is 0.230 e. The highest BCUT2D eigenvalue weighted by molar-refractivity contribution is 7.07. The molecule has 0 saturated carbocycles. The SMILES string of the molecule is CN(Cc1ccsc1)C(=O)C1CCNc2ccccc21. The molecule has 2 heterocycles. The van der Waals surface area contributed by atoms with Gasteiger partial charge in [-0.15, -0.1) is 0 Å². The van der Waals surface area contributed by atoms with Gasteiger partial charge in [0, 0.05) is 25.8 Å². The van der Waals surface area contributed by atoms with Gasteiger partial charge in [0.25, 0.3) is 0 Å². The van der Waals surface area contributed by atoms with E-state index in [0.29, 0.717) is 6.54 Å². The van der Waals surface area contributed by atoms with Crippen LogP contribution in [0.2, 0.25) is 0 Å². The zero-order valence-corrected chi connectivity index (χ0v) is 12.3. The number of fused-ring (bicyclic) bond motifs is 1. The Balaban J connectivity index is 1.77. The summed E-state index contributed by atoms with van der Waals surface area (Å²) in [7, 11) is 1.89. The molecular formula is C16H18N2OS. The number of carbonyl (C=O) groups excluding carboxylic acids is 1. The molecule has 0 fully saturated rings. The Morgan fingerprint density at radius 2 is 2.25 bits per heavy atom. The molecule has 0 bridgehead atoms. The summed E-state index contributed by atoms with van der Waals surface area (Å²) in [5.74, 6) is 0.196. The number of nitrogens with one attached hydrogen (secondary N) is 1. The maximum absolute atomic E-state index is 12.7. The molecule has 0 aliphatic carbocycles. The van der Waals surface area contributed by atoms with Gasteiger partial charge in [0.15, 0.2) is 0 Å². The maximum atomic E-state index is 12.7. The third-order valence-corrected chi connectivity index (χ3v) is 4.49. The predicted octanol–water partition coefficient (Wildman–Crippen LogP) is 3.31. The van der Waals surface area contributed by atoms with E-state index < -0.39 is 0 Å². The van der Waals surface area contributed by atoms with Crippen LogP contribution in [0.5, 0.6) is 0 Å². The molecule has 1 aliphatic heterocycles. The van der Waals surface area contributed by atoms with E-state index in [0.717, 1.165) is 24.2 Å². The molecule has 1 N–H and O–H groups in total. The minimum absolute atomic E-state index is 0.0175. The van der Waals surface area contributed by atoms with Crippen molar-refractivity contribution in [2.45, 2.75) is 18.9 Å². The normalized spacial score (nSPS) is 17.1. The van der Waals surface area contributed by atoms with Crippen molar-refractivity contribution in [1.82, 2.24) is 4.90 Å². The van der Waals surface area contributed by atoms with Gasteiger partial charge in [-0.25, -0.2) is 0 Å². The molecule has 20 heavy (non-hydrogen) atoms. The number of anilines is 1. The van der Waals surface area contributed by atoms with Gasteiger partial charge in [0.2, 0.25) is 5.91 Å². The molecule has 0 spiro atoms. The number of para-hydroxylation sites is 1. The molecule has 3 rings (SSSR count). The lowest BCUT2D eigenvalue weighted by Gasteiger charge is -2.29. The van der Waals surface area contributed by atoms with Crippen LogP contribution < -0.4 is 5.32 Å². The number of amides is 1. The van der Waals surface area contributed by atoms with Crippen LogP contribution in [0.1, 0.15) is 23.5 Å². The third-order valence-electron chi connectivity index (χ3n) is 3.76. The summed E-state index contributed by atoms with van der Waals surface area (Å²) in [5.41, 5.74) is 3.43. The number of likely N-dealkylation sites (N-methyl/N-ethyl adjacent to an activating group) is 1. The molecule has 1 unspecified atom stereocenters. The van der Waals surface area contributed by atoms with E-state index in [1.165, 1.54) is 5.56 Å². The number of carbonyl (C=O) groups is 1. The highest BCUT2D eigenvalue weighted by Gasteiger charge is 2.28. The van der Waals surface area contributed by atoms with Crippen LogP contribution in [0.3, 0.4) is 0 Å². The van der Waals surface area contributed by atoms with E-state index in [-0.39, 0.29) is 11.8 Å². The number of hydrogen-bond donors (Lipinski definition) is 1. The van der Waals surface area contributed by atoms with Crippen LogP contribution in [0, 0.1) is 0 Å². The van der Waals surface area contributed by atoms with Gasteiger partial charge in [-0.1, -0.05) is 18.2 Å². The number of nitrogens with zero attached hydrogens (tertiary/aromatic N) is 1. The second-order valence-corrected chi connectivity index (χ2v) is 5.96. The van der Waals surface area contributed by atoms with Gasteiger partial charge in [-0.05, 0) is 40.4 Å². The smallest absolute Gasteiger partial charge is 0.230 e. The highest BCUT2D eigenvalue weighted by atomic mass is 32.1. The van der Waals surface area contributed by atoms with E-state index in [1.54, 1.807) is 11.3 Å². The van der Waals surface area contributed by atoms with Gasteiger partial charge in [0.05, 0.1) is 5.92 Å². The van der Waals surface area contributed by atoms with Gasteiger partial charge < -0.3 is 10.2 Å². The lowest BCUT2D eigenvalue weighted by atomic mass is 9.90. The van der Waals surface area contributed by atoms with Gasteiger partial charge in [-0.3, -0.25) is 4.79 Å². The van der Waals surface area contributed by atoms with E-state index in [4.69, 9.17) is 0 Å². The molecule has 1 aromatic heterocycles. The topological polar surface area (TPSA) is 32.3 Å². The first-order valence-corrected chi connectivity index (χ1v) is 7.79. The molecule has 1 aromatic carbocycles. The Labute approximate surface area is 123 Å². The second-order valence-electron chi connectivity index (χ2n) is 5.18. The number of rotatable bonds is 3. The van der Waals surface area contributed by atoms with Crippen molar-refractivity contribution >= 4 is 22.9 Å². The molecule has 104 valence electrons. The Hall–Kier alpha value is -1.81. The Morgan fingerprint density at radius 1 is 1.40 bits per heavy atom. The Bertz CT molecular complexity index is 594. The van der Waals surface area contributed by atoms with Crippen LogP contribution >= 0.6 is 11.3 Å². The third kappa shape index (κ3) is 2.56. The zero-order chi connectivity index (χ0) is 13.9. The summed E-state index contributed by atoms with van der Waals surface area (Å²) in [5, 5.41) is 7.51. The minimum atomic E-state index is -0.0175. The first-order valence-electron chi connectivity index (χ1n) is 6.84. The summed E-state index contributed by atoms with van der Waals surface area (Å²) in [4.78, 5) is 14.5. The fourth-order valence-corrected chi connectivity index (χ4v) is 3.39. The fraction of sp³-hybridized carbons (Fsp3) is 0.312. The van der Waals surface area contributed by atoms with Crippen molar-refractivity contribution in [3.8, 4) is 0 Å². The Kier molecular flexibility index (Phi) is 3.74. The number of hydrogen-bond acceptors (Lipinski definition) is 3. The Morgan fingerprint density at radius 3 is 3.05 bits per heavy atom. The van der Waals surface area contributed by atoms with E-state index >= 15 is 0 Å². The zero-order valence-electron chi connectivity index (χ0n) is 11.5. The lowest BCUT2D eigenvalue weighted by Crippen LogP contribution is -2.34. The minimum Gasteiger partial charge on any atom is -0.385 e. The van der Waals surface area contributed by atoms with Crippen molar-refractivity contribution in [3.63, 3.8) is 0 Å². The molecule has 1 amide bonds. The van der Waals surface area contributed by atoms with E-state index in [9.17, 15) is 4.79 Å². The molecule has 0 radical (unpaired) electrons. The first-order chi connectivity index (χ1) is 9.75. The van der Waals surface area contributed by atoms with Crippen LogP contribution in [-0.2, 0) is 11.3 Å². The summed E-state index contributed by atoms with van der Waals surface area (Å²) >= 11 is 1.67. The van der Waals surface area contributed by atoms with E-state index in [1.807, 2.05) is 35.5 Å². The number of benzene rings is 1. The van der Waals surface area contributed by atoms with Crippen molar-refractivity contribution in [3.05, 3.63) is 52.2 Å². The van der Waals surface area contributed by atoms with Crippen LogP contribution in [0.25, 0.3) is 0 Å². The largest absolute Gasteiger partial charge is 0.385 e. The summed E-state index contributed by atoms with van der Waals surface area (Å²) in [6.07, 6.45) is 0.865. The molecule has 1 atom stereocenters. The first kappa shape index (κ1) is 13.2. The average molecular weight is 286 g/mol. The summed E-state index contributed by atoms with van der Waals surface area (Å²) in [6, 6.07) is 10.2. The number of thiophene rings is 1. The van der Waals surface area contributed by atoms with E-state index in [2.05, 4.69) is 22.8 Å². The molecule has 2 aromatic rings. The molecule has 0 saturated heterocycles. The van der Waals surface area contributed by atoms with Crippen LogP contribution in [0.4, 0.5) is 5.69 Å². The van der Waals surface area contributed by atoms with Gasteiger partial charge in [0.1, 0.15) is 0 Å². The second kappa shape index (κ2) is 5.67.